The van der Waals surface area contributed by atoms with E-state index in [0.29, 0.717) is 0 Å². The van der Waals surface area contributed by atoms with Crippen LogP contribution in [0.3, 0.4) is 0 Å². The zero-order chi connectivity index (χ0) is 12.0. The van der Waals surface area contributed by atoms with Crippen molar-refractivity contribution >= 4 is 5.96 Å². The number of benzene rings is 1. The number of guanidine groups is 1. The standard InChI is InChI=1S/C13H21N3/c1-13(2,3)16-12(14-4)15-10-11-8-6-5-7-9-11/h5-9H,10H2,1-4H3,(H2,14,15,16). The maximum Gasteiger partial charge on any atom is 0.191 e. The summed E-state index contributed by atoms with van der Waals surface area (Å²) in [6, 6.07) is 10.3. The highest BCUT2D eigenvalue weighted by molar-refractivity contribution is 5.80. The van der Waals surface area contributed by atoms with E-state index in [2.05, 4.69) is 48.5 Å². The first kappa shape index (κ1) is 12.6. The molecule has 0 atom stereocenters. The van der Waals surface area contributed by atoms with E-state index >= 15 is 0 Å². The quantitative estimate of drug-likeness (QED) is 0.590. The highest BCUT2D eigenvalue weighted by atomic mass is 15.2. The van der Waals surface area contributed by atoms with Crippen LogP contribution in [0.5, 0.6) is 0 Å². The Kier molecular flexibility index (Phi) is 4.35. The molecule has 0 saturated heterocycles. The molecular weight excluding hydrogens is 198 g/mol. The lowest BCUT2D eigenvalue weighted by Gasteiger charge is -2.23. The van der Waals surface area contributed by atoms with Gasteiger partial charge in [0.1, 0.15) is 0 Å². The fourth-order valence-electron chi connectivity index (χ4n) is 1.32. The average Bonchev–Trinajstić information content (AvgIpc) is 2.24. The molecule has 3 heteroatoms. The van der Waals surface area contributed by atoms with E-state index in [4.69, 9.17) is 0 Å². The molecule has 0 aliphatic rings. The molecule has 0 bridgehead atoms. The summed E-state index contributed by atoms with van der Waals surface area (Å²) in [5.74, 6) is 0.830. The lowest BCUT2D eigenvalue weighted by atomic mass is 10.1. The number of hydrogen-bond acceptors (Lipinski definition) is 1. The molecule has 0 amide bonds. The summed E-state index contributed by atoms with van der Waals surface area (Å²) in [7, 11) is 1.78. The van der Waals surface area contributed by atoms with Crippen molar-refractivity contribution < 1.29 is 0 Å². The minimum atomic E-state index is 0.0263. The van der Waals surface area contributed by atoms with E-state index in [1.807, 2.05) is 18.2 Å². The number of nitrogens with one attached hydrogen (secondary N) is 2. The van der Waals surface area contributed by atoms with E-state index in [9.17, 15) is 0 Å². The van der Waals surface area contributed by atoms with Gasteiger partial charge in [-0.3, -0.25) is 4.99 Å². The molecule has 0 unspecified atom stereocenters. The van der Waals surface area contributed by atoms with Gasteiger partial charge in [0.15, 0.2) is 5.96 Å². The molecule has 0 aliphatic carbocycles. The van der Waals surface area contributed by atoms with Crippen molar-refractivity contribution in [2.45, 2.75) is 32.9 Å². The van der Waals surface area contributed by atoms with Gasteiger partial charge >= 0.3 is 0 Å². The van der Waals surface area contributed by atoms with Crippen molar-refractivity contribution in [1.82, 2.24) is 10.6 Å². The van der Waals surface area contributed by atoms with Crippen LogP contribution in [0.4, 0.5) is 0 Å². The molecule has 0 radical (unpaired) electrons. The molecule has 1 aromatic carbocycles. The highest BCUT2D eigenvalue weighted by Crippen LogP contribution is 1.99. The molecule has 1 rings (SSSR count). The second-order valence-electron chi connectivity index (χ2n) is 4.79. The van der Waals surface area contributed by atoms with Crippen LogP contribution >= 0.6 is 0 Å². The van der Waals surface area contributed by atoms with Crippen molar-refractivity contribution in [3.63, 3.8) is 0 Å². The zero-order valence-corrected chi connectivity index (χ0v) is 10.5. The Labute approximate surface area is 98.0 Å². The van der Waals surface area contributed by atoms with Gasteiger partial charge in [0, 0.05) is 19.1 Å². The maximum absolute atomic E-state index is 4.18. The van der Waals surface area contributed by atoms with Crippen molar-refractivity contribution in [3.05, 3.63) is 35.9 Å². The van der Waals surface area contributed by atoms with Gasteiger partial charge in [0.2, 0.25) is 0 Å². The van der Waals surface area contributed by atoms with Gasteiger partial charge in [-0.25, -0.2) is 0 Å². The van der Waals surface area contributed by atoms with Gasteiger partial charge in [0.25, 0.3) is 0 Å². The maximum atomic E-state index is 4.18. The molecular formula is C13H21N3. The monoisotopic (exact) mass is 219 g/mol. The Morgan fingerprint density at radius 3 is 2.31 bits per heavy atom. The van der Waals surface area contributed by atoms with E-state index in [1.54, 1.807) is 7.05 Å². The summed E-state index contributed by atoms with van der Waals surface area (Å²) in [6.07, 6.45) is 0. The minimum Gasteiger partial charge on any atom is -0.352 e. The van der Waals surface area contributed by atoms with Gasteiger partial charge < -0.3 is 10.6 Å². The van der Waals surface area contributed by atoms with Crippen molar-refractivity contribution in [2.75, 3.05) is 7.05 Å². The van der Waals surface area contributed by atoms with Crippen LogP contribution in [-0.2, 0) is 6.54 Å². The Morgan fingerprint density at radius 2 is 1.81 bits per heavy atom. The third-order valence-corrected chi connectivity index (χ3v) is 2.02. The lowest BCUT2D eigenvalue weighted by Crippen LogP contribution is -2.47. The highest BCUT2D eigenvalue weighted by Gasteiger charge is 2.11. The summed E-state index contributed by atoms with van der Waals surface area (Å²) in [6.45, 7) is 7.13. The Hall–Kier alpha value is -1.51. The summed E-state index contributed by atoms with van der Waals surface area (Å²) >= 11 is 0. The van der Waals surface area contributed by atoms with Gasteiger partial charge in [-0.05, 0) is 26.3 Å². The largest absolute Gasteiger partial charge is 0.352 e. The lowest BCUT2D eigenvalue weighted by molar-refractivity contribution is 0.501. The molecule has 16 heavy (non-hydrogen) atoms. The van der Waals surface area contributed by atoms with E-state index in [-0.39, 0.29) is 5.54 Å². The molecule has 0 saturated carbocycles. The van der Waals surface area contributed by atoms with Gasteiger partial charge in [0.05, 0.1) is 0 Å². The number of nitrogens with zero attached hydrogens (tertiary/aromatic N) is 1. The van der Waals surface area contributed by atoms with E-state index in [1.165, 1.54) is 5.56 Å². The molecule has 2 N–H and O–H groups in total. The molecule has 3 nitrogen and oxygen atoms in total. The van der Waals surface area contributed by atoms with E-state index in [0.717, 1.165) is 12.5 Å². The number of rotatable bonds is 2. The van der Waals surface area contributed by atoms with Crippen LogP contribution < -0.4 is 10.6 Å². The smallest absolute Gasteiger partial charge is 0.191 e. The zero-order valence-electron chi connectivity index (χ0n) is 10.5. The van der Waals surface area contributed by atoms with Crippen molar-refractivity contribution in [1.29, 1.82) is 0 Å². The van der Waals surface area contributed by atoms with Crippen LogP contribution in [0.2, 0.25) is 0 Å². The third kappa shape index (κ3) is 4.82. The summed E-state index contributed by atoms with van der Waals surface area (Å²) in [4.78, 5) is 4.18. The topological polar surface area (TPSA) is 36.4 Å². The molecule has 0 aliphatic heterocycles. The van der Waals surface area contributed by atoms with Gasteiger partial charge in [-0.15, -0.1) is 0 Å². The predicted molar refractivity (Wildman–Crippen MR) is 69.5 cm³/mol. The molecule has 0 heterocycles. The molecule has 0 fully saturated rings. The van der Waals surface area contributed by atoms with Crippen LogP contribution in [0.15, 0.2) is 35.3 Å². The van der Waals surface area contributed by atoms with Gasteiger partial charge in [-0.2, -0.15) is 0 Å². The Bertz CT molecular complexity index is 336. The second-order valence-corrected chi connectivity index (χ2v) is 4.79. The van der Waals surface area contributed by atoms with Crippen LogP contribution in [0, 0.1) is 0 Å². The predicted octanol–water partition coefficient (Wildman–Crippen LogP) is 2.15. The first-order valence-corrected chi connectivity index (χ1v) is 5.54. The van der Waals surface area contributed by atoms with Crippen LogP contribution in [0.25, 0.3) is 0 Å². The van der Waals surface area contributed by atoms with E-state index < -0.39 is 0 Å². The van der Waals surface area contributed by atoms with Crippen molar-refractivity contribution in [3.8, 4) is 0 Å². The van der Waals surface area contributed by atoms with Gasteiger partial charge in [-0.1, -0.05) is 30.3 Å². The molecule has 0 spiro atoms. The normalized spacial score (nSPS) is 12.4. The molecule has 88 valence electrons. The van der Waals surface area contributed by atoms with Crippen LogP contribution in [0.1, 0.15) is 26.3 Å². The van der Waals surface area contributed by atoms with Crippen molar-refractivity contribution in [2.24, 2.45) is 4.99 Å². The second kappa shape index (κ2) is 5.54. The molecule has 1 aromatic rings. The Balaban J connectivity index is 2.48. The van der Waals surface area contributed by atoms with Crippen LogP contribution in [-0.4, -0.2) is 18.5 Å². The Morgan fingerprint density at radius 1 is 1.19 bits per heavy atom. The number of hydrogen-bond donors (Lipinski definition) is 2. The minimum absolute atomic E-state index is 0.0263. The fourth-order valence-corrected chi connectivity index (χ4v) is 1.32. The first-order valence-electron chi connectivity index (χ1n) is 5.54. The average molecular weight is 219 g/mol. The third-order valence-electron chi connectivity index (χ3n) is 2.02. The molecule has 0 aromatic heterocycles. The fraction of sp³-hybridized carbons (Fsp3) is 0.462. The number of aliphatic imine (C=N–C) groups is 1. The summed E-state index contributed by atoms with van der Waals surface area (Å²) in [5, 5.41) is 6.60. The first-order chi connectivity index (χ1) is 7.51. The summed E-state index contributed by atoms with van der Waals surface area (Å²) < 4.78 is 0. The summed E-state index contributed by atoms with van der Waals surface area (Å²) in [5.41, 5.74) is 1.28. The SMILES string of the molecule is C/N=C(\NCc1ccccc1)NC(C)(C)C.